The van der Waals surface area contributed by atoms with Gasteiger partial charge >= 0.3 is 5.97 Å². The normalized spacial score (nSPS) is 17.4. The first-order chi connectivity index (χ1) is 11.1. The zero-order chi connectivity index (χ0) is 16.4. The highest BCUT2D eigenvalue weighted by Gasteiger charge is 2.32. The van der Waals surface area contributed by atoms with Crippen LogP contribution in [-0.2, 0) is 4.79 Å². The van der Waals surface area contributed by atoms with Crippen LogP contribution in [0, 0.1) is 6.92 Å². The van der Waals surface area contributed by atoms with Gasteiger partial charge in [0, 0.05) is 12.6 Å². The Kier molecular flexibility index (Phi) is 4.14. The number of rotatable bonds is 4. The number of hydrogen-bond donors (Lipinski definition) is 1. The second kappa shape index (κ2) is 6.24. The molecule has 1 saturated heterocycles. The third-order valence-electron chi connectivity index (χ3n) is 4.29. The van der Waals surface area contributed by atoms with Gasteiger partial charge in [0.15, 0.2) is 0 Å². The number of carboxylic acid groups (broad SMARTS) is 1. The SMILES string of the molecule is Cc1c(C(=O)N2CCCC2CC(=O)O)cnn1-c1ccccc1. The van der Waals surface area contributed by atoms with Crippen molar-refractivity contribution >= 4 is 11.9 Å². The van der Waals surface area contributed by atoms with E-state index in [-0.39, 0.29) is 18.4 Å². The Balaban J connectivity index is 1.86. The second-order valence-electron chi connectivity index (χ2n) is 5.78. The molecule has 6 nitrogen and oxygen atoms in total. The summed E-state index contributed by atoms with van der Waals surface area (Å²) in [6, 6.07) is 9.39. The van der Waals surface area contributed by atoms with Crippen LogP contribution in [0.1, 0.15) is 35.3 Å². The van der Waals surface area contributed by atoms with Gasteiger partial charge in [-0.3, -0.25) is 9.59 Å². The first-order valence-electron chi connectivity index (χ1n) is 7.70. The highest BCUT2D eigenvalue weighted by Crippen LogP contribution is 2.24. The smallest absolute Gasteiger partial charge is 0.305 e. The minimum Gasteiger partial charge on any atom is -0.481 e. The van der Waals surface area contributed by atoms with Gasteiger partial charge in [0.2, 0.25) is 0 Å². The average molecular weight is 313 g/mol. The standard InChI is InChI=1S/C17H19N3O3/c1-12-15(11-18-20(12)13-6-3-2-4-7-13)17(23)19-9-5-8-14(19)10-16(21)22/h2-4,6-7,11,14H,5,8-10H2,1H3,(H,21,22). The van der Waals surface area contributed by atoms with Crippen LogP contribution in [0.2, 0.25) is 0 Å². The van der Waals surface area contributed by atoms with Gasteiger partial charge in [0.25, 0.3) is 5.91 Å². The van der Waals surface area contributed by atoms with Crippen molar-refractivity contribution in [1.82, 2.24) is 14.7 Å². The number of likely N-dealkylation sites (tertiary alicyclic amines) is 1. The summed E-state index contributed by atoms with van der Waals surface area (Å²) in [6.07, 6.45) is 3.15. The fourth-order valence-corrected chi connectivity index (χ4v) is 3.12. The monoisotopic (exact) mass is 313 g/mol. The Hall–Kier alpha value is -2.63. The summed E-state index contributed by atoms with van der Waals surface area (Å²) in [7, 11) is 0. The van der Waals surface area contributed by atoms with E-state index in [1.807, 2.05) is 37.3 Å². The minimum absolute atomic E-state index is 0.00237. The number of aliphatic carboxylic acids is 1. The molecule has 0 bridgehead atoms. The van der Waals surface area contributed by atoms with Crippen LogP contribution in [0.3, 0.4) is 0 Å². The van der Waals surface area contributed by atoms with E-state index in [9.17, 15) is 9.59 Å². The van der Waals surface area contributed by atoms with Crippen molar-refractivity contribution in [2.24, 2.45) is 0 Å². The van der Waals surface area contributed by atoms with E-state index in [0.29, 0.717) is 12.1 Å². The first kappa shape index (κ1) is 15.3. The van der Waals surface area contributed by atoms with Crippen molar-refractivity contribution in [2.45, 2.75) is 32.2 Å². The lowest BCUT2D eigenvalue weighted by atomic mass is 10.1. The van der Waals surface area contributed by atoms with Gasteiger partial charge in [0.1, 0.15) is 0 Å². The number of para-hydroxylation sites is 1. The quantitative estimate of drug-likeness (QED) is 0.939. The Morgan fingerprint density at radius 3 is 2.74 bits per heavy atom. The van der Waals surface area contributed by atoms with Gasteiger partial charge in [0.05, 0.1) is 29.6 Å². The molecule has 1 aliphatic rings. The van der Waals surface area contributed by atoms with E-state index < -0.39 is 5.97 Å². The highest BCUT2D eigenvalue weighted by molar-refractivity contribution is 5.95. The van der Waals surface area contributed by atoms with Crippen molar-refractivity contribution in [1.29, 1.82) is 0 Å². The molecule has 2 aromatic rings. The molecule has 0 radical (unpaired) electrons. The molecule has 0 spiro atoms. The van der Waals surface area contributed by atoms with Gasteiger partial charge < -0.3 is 10.0 Å². The molecular formula is C17H19N3O3. The number of carbonyl (C=O) groups is 2. The molecule has 0 saturated carbocycles. The Morgan fingerprint density at radius 2 is 2.04 bits per heavy atom. The lowest BCUT2D eigenvalue weighted by Crippen LogP contribution is -2.37. The van der Waals surface area contributed by atoms with Crippen LogP contribution >= 0.6 is 0 Å². The fourth-order valence-electron chi connectivity index (χ4n) is 3.12. The summed E-state index contributed by atoms with van der Waals surface area (Å²) in [4.78, 5) is 25.4. The van der Waals surface area contributed by atoms with Crippen molar-refractivity contribution in [3.63, 3.8) is 0 Å². The maximum atomic E-state index is 12.8. The highest BCUT2D eigenvalue weighted by atomic mass is 16.4. The van der Waals surface area contributed by atoms with E-state index in [4.69, 9.17) is 5.11 Å². The Labute approximate surface area is 134 Å². The molecule has 1 N–H and O–H groups in total. The molecule has 120 valence electrons. The molecule has 1 unspecified atom stereocenters. The number of carboxylic acids is 1. The molecule has 2 heterocycles. The van der Waals surface area contributed by atoms with Crippen LogP contribution in [0.15, 0.2) is 36.5 Å². The zero-order valence-electron chi connectivity index (χ0n) is 13.0. The first-order valence-corrected chi connectivity index (χ1v) is 7.70. The van der Waals surface area contributed by atoms with Gasteiger partial charge in [-0.15, -0.1) is 0 Å². The van der Waals surface area contributed by atoms with Crippen LogP contribution in [0.25, 0.3) is 5.69 Å². The van der Waals surface area contributed by atoms with E-state index in [1.165, 1.54) is 0 Å². The number of benzene rings is 1. The summed E-state index contributed by atoms with van der Waals surface area (Å²) in [5, 5.41) is 13.3. The summed E-state index contributed by atoms with van der Waals surface area (Å²) < 4.78 is 1.73. The van der Waals surface area contributed by atoms with E-state index in [1.54, 1.807) is 15.8 Å². The fraction of sp³-hybridized carbons (Fsp3) is 0.353. The van der Waals surface area contributed by atoms with Gasteiger partial charge in [-0.25, -0.2) is 4.68 Å². The van der Waals surface area contributed by atoms with E-state index in [0.717, 1.165) is 24.2 Å². The lowest BCUT2D eigenvalue weighted by molar-refractivity contribution is -0.137. The molecule has 1 aromatic carbocycles. The number of hydrogen-bond acceptors (Lipinski definition) is 3. The number of amides is 1. The molecule has 1 aromatic heterocycles. The molecule has 1 atom stereocenters. The molecule has 1 aliphatic heterocycles. The van der Waals surface area contributed by atoms with E-state index in [2.05, 4.69) is 5.10 Å². The van der Waals surface area contributed by atoms with Crippen molar-refractivity contribution in [2.75, 3.05) is 6.54 Å². The predicted octanol–water partition coefficient (Wildman–Crippen LogP) is 2.26. The van der Waals surface area contributed by atoms with Crippen molar-refractivity contribution in [3.05, 3.63) is 47.8 Å². The van der Waals surface area contributed by atoms with Crippen LogP contribution in [0.5, 0.6) is 0 Å². The largest absolute Gasteiger partial charge is 0.481 e. The number of carbonyl (C=O) groups excluding carboxylic acids is 1. The Morgan fingerprint density at radius 1 is 1.30 bits per heavy atom. The molecule has 1 fully saturated rings. The van der Waals surface area contributed by atoms with Crippen LogP contribution < -0.4 is 0 Å². The molecule has 0 aliphatic carbocycles. The van der Waals surface area contributed by atoms with Crippen LogP contribution in [-0.4, -0.2) is 44.3 Å². The van der Waals surface area contributed by atoms with Gasteiger partial charge in [-0.1, -0.05) is 18.2 Å². The van der Waals surface area contributed by atoms with Crippen molar-refractivity contribution < 1.29 is 14.7 Å². The molecule has 1 amide bonds. The van der Waals surface area contributed by atoms with Crippen LogP contribution in [0.4, 0.5) is 0 Å². The predicted molar refractivity (Wildman–Crippen MR) is 84.6 cm³/mol. The third-order valence-corrected chi connectivity index (χ3v) is 4.29. The zero-order valence-corrected chi connectivity index (χ0v) is 13.0. The summed E-state index contributed by atoms with van der Waals surface area (Å²) in [6.45, 7) is 2.46. The molecule has 6 heteroatoms. The number of aromatic nitrogens is 2. The van der Waals surface area contributed by atoms with Crippen molar-refractivity contribution in [3.8, 4) is 5.69 Å². The average Bonchev–Trinajstić information content (AvgIpc) is 3.14. The third kappa shape index (κ3) is 2.97. The summed E-state index contributed by atoms with van der Waals surface area (Å²) in [5.74, 6) is -1.00. The molecule has 23 heavy (non-hydrogen) atoms. The Bertz CT molecular complexity index is 724. The molecule has 3 rings (SSSR count). The second-order valence-corrected chi connectivity index (χ2v) is 5.78. The molecular weight excluding hydrogens is 294 g/mol. The summed E-state index contributed by atoms with van der Waals surface area (Å²) in [5.41, 5.74) is 2.20. The lowest BCUT2D eigenvalue weighted by Gasteiger charge is -2.23. The van der Waals surface area contributed by atoms with E-state index >= 15 is 0 Å². The topological polar surface area (TPSA) is 75.4 Å². The maximum absolute atomic E-state index is 12.8. The minimum atomic E-state index is -0.869. The van der Waals surface area contributed by atoms with Gasteiger partial charge in [-0.05, 0) is 31.9 Å². The summed E-state index contributed by atoms with van der Waals surface area (Å²) >= 11 is 0. The number of nitrogens with zero attached hydrogens (tertiary/aromatic N) is 3. The maximum Gasteiger partial charge on any atom is 0.305 e. The van der Waals surface area contributed by atoms with Gasteiger partial charge in [-0.2, -0.15) is 5.10 Å².